The zero-order valence-electron chi connectivity index (χ0n) is 16.6. The minimum atomic E-state index is -0.562. The molecule has 0 aromatic heterocycles. The first-order valence-corrected chi connectivity index (χ1v) is 10.2. The van der Waals surface area contributed by atoms with E-state index in [1.165, 1.54) is 13.2 Å². The fraction of sp³-hybridized carbons (Fsp3) is 0.500. The number of hydrogen-bond donors (Lipinski definition) is 2. The SMILES string of the molecule is CCCCCOc1c(OC)cc(C2NC(=S)NC3=C2C(=O)CCC3)cc1[N+](=O)[O-]. The first-order valence-electron chi connectivity index (χ1n) is 9.79. The number of thiocarbonyl (C=S) groups is 1. The number of nitro benzene ring substituents is 1. The molecule has 1 unspecified atom stereocenters. The lowest BCUT2D eigenvalue weighted by Gasteiger charge is -2.33. The van der Waals surface area contributed by atoms with Crippen LogP contribution in [0.15, 0.2) is 23.4 Å². The predicted molar refractivity (Wildman–Crippen MR) is 112 cm³/mol. The van der Waals surface area contributed by atoms with Crippen molar-refractivity contribution in [1.82, 2.24) is 10.6 Å². The lowest BCUT2D eigenvalue weighted by Crippen LogP contribution is -2.46. The second-order valence-electron chi connectivity index (χ2n) is 7.08. The summed E-state index contributed by atoms with van der Waals surface area (Å²) in [5, 5.41) is 18.3. The normalized spacial score (nSPS) is 18.6. The molecular weight excluding hydrogens is 394 g/mol. The van der Waals surface area contributed by atoms with E-state index >= 15 is 0 Å². The van der Waals surface area contributed by atoms with Crippen LogP contribution >= 0.6 is 12.2 Å². The van der Waals surface area contributed by atoms with Gasteiger partial charge in [-0.3, -0.25) is 14.9 Å². The topological polar surface area (TPSA) is 103 Å². The Morgan fingerprint density at radius 3 is 2.79 bits per heavy atom. The number of methoxy groups -OCH3 is 1. The van der Waals surface area contributed by atoms with Crippen molar-refractivity contribution in [2.75, 3.05) is 13.7 Å². The molecule has 0 bridgehead atoms. The summed E-state index contributed by atoms with van der Waals surface area (Å²) in [7, 11) is 1.44. The summed E-state index contributed by atoms with van der Waals surface area (Å²) in [6.07, 6.45) is 4.72. The summed E-state index contributed by atoms with van der Waals surface area (Å²) < 4.78 is 11.1. The number of unbranched alkanes of at least 4 members (excludes halogenated alkanes) is 2. The van der Waals surface area contributed by atoms with E-state index in [-0.39, 0.29) is 23.0 Å². The van der Waals surface area contributed by atoms with E-state index in [1.807, 2.05) is 0 Å². The van der Waals surface area contributed by atoms with Crippen molar-refractivity contribution in [3.63, 3.8) is 0 Å². The lowest BCUT2D eigenvalue weighted by molar-refractivity contribution is -0.386. The molecule has 0 amide bonds. The second kappa shape index (κ2) is 9.21. The van der Waals surface area contributed by atoms with Crippen molar-refractivity contribution in [1.29, 1.82) is 0 Å². The second-order valence-corrected chi connectivity index (χ2v) is 7.49. The molecule has 1 aromatic carbocycles. The van der Waals surface area contributed by atoms with Crippen molar-refractivity contribution in [2.45, 2.75) is 51.5 Å². The van der Waals surface area contributed by atoms with E-state index in [0.717, 1.165) is 37.8 Å². The number of allylic oxidation sites excluding steroid dienone is 1. The summed E-state index contributed by atoms with van der Waals surface area (Å²) in [5.74, 6) is 0.389. The van der Waals surface area contributed by atoms with E-state index < -0.39 is 11.0 Å². The molecule has 1 heterocycles. The van der Waals surface area contributed by atoms with Gasteiger partial charge in [-0.1, -0.05) is 19.8 Å². The summed E-state index contributed by atoms with van der Waals surface area (Å²) >= 11 is 5.29. The average Bonchev–Trinajstić information content (AvgIpc) is 2.70. The number of ketones is 1. The maximum atomic E-state index is 12.6. The number of benzene rings is 1. The molecule has 1 aliphatic heterocycles. The highest BCUT2D eigenvalue weighted by atomic mass is 32.1. The highest BCUT2D eigenvalue weighted by molar-refractivity contribution is 7.80. The fourth-order valence-electron chi connectivity index (χ4n) is 3.69. The highest BCUT2D eigenvalue weighted by Gasteiger charge is 2.35. The van der Waals surface area contributed by atoms with Gasteiger partial charge >= 0.3 is 5.69 Å². The van der Waals surface area contributed by atoms with E-state index in [2.05, 4.69) is 17.6 Å². The van der Waals surface area contributed by atoms with Crippen LogP contribution in [0.25, 0.3) is 0 Å². The van der Waals surface area contributed by atoms with Gasteiger partial charge in [-0.2, -0.15) is 0 Å². The molecule has 3 rings (SSSR count). The van der Waals surface area contributed by atoms with Crippen molar-refractivity contribution in [3.8, 4) is 11.5 Å². The molecule has 0 fully saturated rings. The molecular formula is C20H25N3O5S. The number of nitrogens with one attached hydrogen (secondary N) is 2. The van der Waals surface area contributed by atoms with Gasteiger partial charge in [0.1, 0.15) is 0 Å². The maximum absolute atomic E-state index is 12.6. The Hall–Kier alpha value is -2.68. The summed E-state index contributed by atoms with van der Waals surface area (Å²) in [6, 6.07) is 2.56. The minimum Gasteiger partial charge on any atom is -0.493 e. The number of carbonyl (C=O) groups excluding carboxylic acids is 1. The number of ether oxygens (including phenoxy) is 2. The maximum Gasteiger partial charge on any atom is 0.315 e. The van der Waals surface area contributed by atoms with Gasteiger partial charge < -0.3 is 20.1 Å². The average molecular weight is 420 g/mol. The molecule has 2 N–H and O–H groups in total. The Balaban J connectivity index is 2.03. The Morgan fingerprint density at radius 1 is 1.31 bits per heavy atom. The fourth-order valence-corrected chi connectivity index (χ4v) is 3.93. The molecule has 1 atom stereocenters. The van der Waals surface area contributed by atoms with Crippen LogP contribution in [-0.4, -0.2) is 29.5 Å². The van der Waals surface area contributed by atoms with Crippen molar-refractivity contribution < 1.29 is 19.2 Å². The number of hydrogen-bond acceptors (Lipinski definition) is 6. The van der Waals surface area contributed by atoms with Gasteiger partial charge in [0.05, 0.1) is 24.7 Å². The molecule has 29 heavy (non-hydrogen) atoms. The Kier molecular flexibility index (Phi) is 6.68. The third-order valence-corrected chi connectivity index (χ3v) is 5.31. The molecule has 0 saturated heterocycles. The molecule has 0 radical (unpaired) electrons. The van der Waals surface area contributed by atoms with Gasteiger partial charge in [0.25, 0.3) is 0 Å². The molecule has 1 aliphatic carbocycles. The third kappa shape index (κ3) is 4.50. The lowest BCUT2D eigenvalue weighted by atomic mass is 9.85. The van der Waals surface area contributed by atoms with Gasteiger partial charge in [0.2, 0.25) is 5.75 Å². The van der Waals surface area contributed by atoms with E-state index in [0.29, 0.717) is 29.3 Å². The number of carbonyl (C=O) groups is 1. The quantitative estimate of drug-likeness (QED) is 0.285. The molecule has 9 heteroatoms. The number of nitro groups is 1. The zero-order chi connectivity index (χ0) is 21.0. The van der Waals surface area contributed by atoms with Crippen LogP contribution in [-0.2, 0) is 4.79 Å². The van der Waals surface area contributed by atoms with Gasteiger partial charge in [0.15, 0.2) is 16.6 Å². The molecule has 1 aromatic rings. The first kappa shape index (κ1) is 21.0. The van der Waals surface area contributed by atoms with E-state index in [4.69, 9.17) is 21.7 Å². The first-order chi connectivity index (χ1) is 14.0. The highest BCUT2D eigenvalue weighted by Crippen LogP contribution is 2.42. The molecule has 2 aliphatic rings. The number of Topliss-reactive ketones (excluding diaryl/α,β-unsaturated/α-hetero) is 1. The van der Waals surface area contributed by atoms with E-state index in [9.17, 15) is 14.9 Å². The van der Waals surface area contributed by atoms with Gasteiger partial charge in [-0.15, -0.1) is 0 Å². The number of rotatable bonds is 8. The molecule has 0 saturated carbocycles. The Morgan fingerprint density at radius 2 is 2.10 bits per heavy atom. The monoisotopic (exact) mass is 419 g/mol. The molecule has 156 valence electrons. The van der Waals surface area contributed by atoms with Crippen LogP contribution in [0.3, 0.4) is 0 Å². The largest absolute Gasteiger partial charge is 0.493 e. The van der Waals surface area contributed by atoms with Crippen LogP contribution in [0.4, 0.5) is 5.69 Å². The van der Waals surface area contributed by atoms with E-state index in [1.54, 1.807) is 6.07 Å². The molecule has 0 spiro atoms. The zero-order valence-corrected chi connectivity index (χ0v) is 17.4. The van der Waals surface area contributed by atoms with Crippen LogP contribution < -0.4 is 20.1 Å². The van der Waals surface area contributed by atoms with Crippen LogP contribution in [0, 0.1) is 10.1 Å². The summed E-state index contributed by atoms with van der Waals surface area (Å²) in [4.78, 5) is 23.9. The van der Waals surface area contributed by atoms with Crippen molar-refractivity contribution in [2.24, 2.45) is 0 Å². The minimum absolute atomic E-state index is 0.0141. The van der Waals surface area contributed by atoms with Crippen LogP contribution in [0.5, 0.6) is 11.5 Å². The third-order valence-electron chi connectivity index (χ3n) is 5.09. The van der Waals surface area contributed by atoms with Crippen LogP contribution in [0.2, 0.25) is 0 Å². The number of nitrogens with zero attached hydrogens (tertiary/aromatic N) is 1. The van der Waals surface area contributed by atoms with Crippen molar-refractivity contribution >= 4 is 28.8 Å². The van der Waals surface area contributed by atoms with Crippen molar-refractivity contribution in [3.05, 3.63) is 39.1 Å². The smallest absolute Gasteiger partial charge is 0.315 e. The van der Waals surface area contributed by atoms with Gasteiger partial charge in [0, 0.05) is 23.8 Å². The van der Waals surface area contributed by atoms with Crippen LogP contribution in [0.1, 0.15) is 57.1 Å². The standard InChI is InChI=1S/C20H25N3O5S/c1-3-4-5-9-28-19-14(23(25)26)10-12(11-16(19)27-2)18-17-13(21-20(29)22-18)7-6-8-15(17)24/h10-11,18H,3-9H2,1-2H3,(H2,21,22,29). The summed E-state index contributed by atoms with van der Waals surface area (Å²) in [6.45, 7) is 2.44. The Labute approximate surface area is 174 Å². The molecule has 8 nitrogen and oxygen atoms in total. The summed E-state index contributed by atoms with van der Waals surface area (Å²) in [5.41, 5.74) is 1.72. The van der Waals surface area contributed by atoms with Gasteiger partial charge in [-0.05, 0) is 43.1 Å². The predicted octanol–water partition coefficient (Wildman–Crippen LogP) is 3.70. The van der Waals surface area contributed by atoms with Gasteiger partial charge in [-0.25, -0.2) is 0 Å². The Bertz CT molecular complexity index is 868.